The molecule has 158 valence electrons. The van der Waals surface area contributed by atoms with Crippen molar-refractivity contribution in [3.63, 3.8) is 0 Å². The molecule has 2 atom stereocenters. The molecule has 0 unspecified atom stereocenters. The number of urea groups is 1. The van der Waals surface area contributed by atoms with Gasteiger partial charge in [-0.25, -0.2) is 19.0 Å². The van der Waals surface area contributed by atoms with Crippen LogP contribution in [0.4, 0.5) is 19.9 Å². The molecular formula is C18H20FN7O4. The first-order valence-corrected chi connectivity index (χ1v) is 9.11. The topological polar surface area (TPSA) is 137 Å². The van der Waals surface area contributed by atoms with Gasteiger partial charge in [0.1, 0.15) is 23.0 Å². The van der Waals surface area contributed by atoms with E-state index in [1.807, 2.05) is 12.3 Å². The van der Waals surface area contributed by atoms with Crippen LogP contribution in [0.5, 0.6) is 5.75 Å². The Hall–Kier alpha value is -3.83. The highest BCUT2D eigenvalue weighted by Crippen LogP contribution is 2.33. The number of ether oxygens (including phenoxy) is 1. The van der Waals surface area contributed by atoms with E-state index in [1.54, 1.807) is 24.0 Å². The van der Waals surface area contributed by atoms with Crippen LogP contribution in [0.1, 0.15) is 0 Å². The molecular weight excluding hydrogens is 397 g/mol. The zero-order chi connectivity index (χ0) is 21.4. The van der Waals surface area contributed by atoms with Crippen LogP contribution in [0.15, 0.2) is 24.5 Å². The van der Waals surface area contributed by atoms with Crippen molar-refractivity contribution in [2.24, 2.45) is 7.05 Å². The number of carboxylic acid groups (broad SMARTS) is 1. The second-order valence-electron chi connectivity index (χ2n) is 6.94. The molecule has 0 bridgehead atoms. The van der Waals surface area contributed by atoms with Gasteiger partial charge in [-0.05, 0) is 12.1 Å². The number of carbonyl (C=O) groups excluding carboxylic acids is 1. The summed E-state index contributed by atoms with van der Waals surface area (Å²) in [5, 5.41) is 18.1. The Labute approximate surface area is 169 Å². The number of fused-ring (bicyclic) bond motifs is 1. The van der Waals surface area contributed by atoms with Gasteiger partial charge in [-0.15, -0.1) is 0 Å². The van der Waals surface area contributed by atoms with Gasteiger partial charge in [0.2, 0.25) is 5.95 Å². The maximum Gasteiger partial charge on any atom is 0.407 e. The zero-order valence-electron chi connectivity index (χ0n) is 16.2. The van der Waals surface area contributed by atoms with Crippen LogP contribution in [0, 0.1) is 0 Å². The van der Waals surface area contributed by atoms with Gasteiger partial charge in [-0.1, -0.05) is 0 Å². The number of benzene rings is 1. The molecule has 0 radical (unpaired) electrons. The number of likely N-dealkylation sites (tertiary alicyclic amines) is 1. The number of alkyl halides is 1. The number of carbonyl (C=O) groups is 2. The monoisotopic (exact) mass is 417 g/mol. The minimum absolute atomic E-state index is 0.122. The van der Waals surface area contributed by atoms with Crippen molar-refractivity contribution in [2.75, 3.05) is 25.5 Å². The van der Waals surface area contributed by atoms with Crippen LogP contribution >= 0.6 is 0 Å². The average molecular weight is 417 g/mol. The number of amides is 3. The summed E-state index contributed by atoms with van der Waals surface area (Å²) < 4.78 is 21.0. The first-order chi connectivity index (χ1) is 14.4. The summed E-state index contributed by atoms with van der Waals surface area (Å²) in [6.45, 7) is -0.403. The van der Waals surface area contributed by atoms with Crippen LogP contribution in [0.25, 0.3) is 22.2 Å². The number of rotatable bonds is 4. The van der Waals surface area contributed by atoms with Gasteiger partial charge in [-0.3, -0.25) is 10.00 Å². The molecule has 1 saturated heterocycles. The van der Waals surface area contributed by atoms with Gasteiger partial charge < -0.3 is 25.0 Å². The summed E-state index contributed by atoms with van der Waals surface area (Å²) in [7, 11) is 3.33. The smallest absolute Gasteiger partial charge is 0.407 e. The largest absolute Gasteiger partial charge is 0.494 e. The number of halogens is 1. The maximum atomic E-state index is 14.0. The molecule has 2 aromatic heterocycles. The Morgan fingerprint density at radius 3 is 2.80 bits per heavy atom. The second kappa shape index (κ2) is 7.54. The quantitative estimate of drug-likeness (QED) is 0.511. The Kier molecular flexibility index (Phi) is 4.90. The maximum absolute atomic E-state index is 14.0. The Morgan fingerprint density at radius 2 is 2.17 bits per heavy atom. The molecule has 1 fully saturated rings. The molecule has 1 aliphatic rings. The third kappa shape index (κ3) is 3.58. The Balaban J connectivity index is 1.56. The van der Waals surface area contributed by atoms with E-state index in [2.05, 4.69) is 25.7 Å². The van der Waals surface area contributed by atoms with E-state index < -0.39 is 24.3 Å². The van der Waals surface area contributed by atoms with Gasteiger partial charge >= 0.3 is 12.1 Å². The van der Waals surface area contributed by atoms with Crippen LogP contribution in [0.3, 0.4) is 0 Å². The minimum atomic E-state index is -1.49. The van der Waals surface area contributed by atoms with E-state index in [0.29, 0.717) is 16.8 Å². The molecule has 1 aromatic carbocycles. The normalized spacial score (nSPS) is 18.6. The van der Waals surface area contributed by atoms with Gasteiger partial charge in [0.05, 0.1) is 25.9 Å². The summed E-state index contributed by atoms with van der Waals surface area (Å²) in [5.41, 5.74) is 2.78. The number of nitrogens with one attached hydrogen (secondary N) is 3. The minimum Gasteiger partial charge on any atom is -0.494 e. The summed E-state index contributed by atoms with van der Waals surface area (Å²) in [5.74, 6) is 0.677. The molecule has 3 aromatic rings. The molecule has 0 aliphatic carbocycles. The van der Waals surface area contributed by atoms with Gasteiger partial charge in [0, 0.05) is 30.9 Å². The van der Waals surface area contributed by atoms with E-state index in [9.17, 15) is 14.0 Å². The Bertz CT molecular complexity index is 1110. The third-order valence-corrected chi connectivity index (χ3v) is 4.91. The van der Waals surface area contributed by atoms with Gasteiger partial charge in [0.25, 0.3) is 0 Å². The average Bonchev–Trinajstić information content (AvgIpc) is 3.40. The first-order valence-electron chi connectivity index (χ1n) is 9.11. The lowest BCUT2D eigenvalue weighted by molar-refractivity contribution is 0.152. The number of methoxy groups -OCH3 is 1. The van der Waals surface area contributed by atoms with Crippen molar-refractivity contribution in [1.29, 1.82) is 0 Å². The summed E-state index contributed by atoms with van der Waals surface area (Å²) in [6, 6.07) is 1.98. The fourth-order valence-electron chi connectivity index (χ4n) is 3.46. The van der Waals surface area contributed by atoms with Gasteiger partial charge in [0.15, 0.2) is 0 Å². The summed E-state index contributed by atoms with van der Waals surface area (Å²) in [6.07, 6.45) is 0.825. The van der Waals surface area contributed by atoms with Crippen LogP contribution in [-0.4, -0.2) is 74.3 Å². The number of nitrogens with zero attached hydrogens (tertiary/aromatic N) is 4. The predicted octanol–water partition coefficient (Wildman–Crippen LogP) is 1.79. The van der Waals surface area contributed by atoms with E-state index >= 15 is 0 Å². The highest BCUT2D eigenvalue weighted by molar-refractivity contribution is 5.98. The van der Waals surface area contributed by atoms with E-state index in [0.717, 1.165) is 16.0 Å². The standard InChI is InChI=1S/C18H20FN7O4/c1-25-6-9(5-20-25)10-3-4-13(30-2)15-14(10)22-16(23-15)24-17(27)21-12-8-26(18(28)29)7-11(12)19/h3-6,11-12H,7-8H2,1-2H3,(H,28,29)(H3,21,22,23,24,27)/t11-,12+/m0/s1. The van der Waals surface area contributed by atoms with Gasteiger partial charge in [-0.2, -0.15) is 5.10 Å². The molecule has 4 rings (SSSR count). The number of aryl methyl sites for hydroxylation is 1. The molecule has 0 spiro atoms. The number of imidazole rings is 1. The lowest BCUT2D eigenvalue weighted by Crippen LogP contribution is -2.44. The second-order valence-corrected chi connectivity index (χ2v) is 6.94. The van der Waals surface area contributed by atoms with Crippen molar-refractivity contribution in [2.45, 2.75) is 12.2 Å². The highest BCUT2D eigenvalue weighted by atomic mass is 19.1. The van der Waals surface area contributed by atoms with Crippen molar-refractivity contribution in [1.82, 2.24) is 30.0 Å². The molecule has 0 saturated carbocycles. The summed E-state index contributed by atoms with van der Waals surface area (Å²) in [4.78, 5) is 31.7. The molecule has 4 N–H and O–H groups in total. The number of hydrogen-bond donors (Lipinski definition) is 4. The van der Waals surface area contributed by atoms with Crippen molar-refractivity contribution < 1.29 is 23.8 Å². The third-order valence-electron chi connectivity index (χ3n) is 4.91. The van der Waals surface area contributed by atoms with Crippen LogP contribution < -0.4 is 15.4 Å². The number of aromatic nitrogens is 4. The SMILES string of the molecule is COc1ccc(-c2cnn(C)c2)c2nc(NC(=O)N[C@@H]3CN(C(=O)O)C[C@@H]3F)[nH]c12. The zero-order valence-corrected chi connectivity index (χ0v) is 16.2. The number of aromatic amines is 1. The van der Waals surface area contributed by atoms with Crippen molar-refractivity contribution in [3.8, 4) is 16.9 Å². The van der Waals surface area contributed by atoms with Crippen molar-refractivity contribution >= 4 is 29.1 Å². The van der Waals surface area contributed by atoms with E-state index in [4.69, 9.17) is 9.84 Å². The number of hydrogen-bond acceptors (Lipinski definition) is 5. The first kappa shape index (κ1) is 19.5. The van der Waals surface area contributed by atoms with E-state index in [1.165, 1.54) is 7.11 Å². The number of anilines is 1. The lowest BCUT2D eigenvalue weighted by Gasteiger charge is -2.14. The predicted molar refractivity (Wildman–Crippen MR) is 105 cm³/mol. The Morgan fingerprint density at radius 1 is 1.37 bits per heavy atom. The highest BCUT2D eigenvalue weighted by Gasteiger charge is 2.36. The molecule has 12 heteroatoms. The lowest BCUT2D eigenvalue weighted by atomic mass is 10.1. The fraction of sp³-hybridized carbons (Fsp3) is 0.333. The molecule has 3 heterocycles. The van der Waals surface area contributed by atoms with Crippen LogP contribution in [0.2, 0.25) is 0 Å². The van der Waals surface area contributed by atoms with Crippen molar-refractivity contribution in [3.05, 3.63) is 24.5 Å². The summed E-state index contributed by atoms with van der Waals surface area (Å²) >= 11 is 0. The number of H-pyrrole nitrogens is 1. The molecule has 1 aliphatic heterocycles. The molecule has 30 heavy (non-hydrogen) atoms. The van der Waals surface area contributed by atoms with E-state index in [-0.39, 0.29) is 19.0 Å². The molecule has 11 nitrogen and oxygen atoms in total. The van der Waals surface area contributed by atoms with Crippen LogP contribution in [-0.2, 0) is 7.05 Å². The fourth-order valence-corrected chi connectivity index (χ4v) is 3.46. The molecule has 3 amide bonds.